The van der Waals surface area contributed by atoms with Crippen molar-refractivity contribution in [2.45, 2.75) is 33.6 Å². The van der Waals surface area contributed by atoms with Gasteiger partial charge in [-0.05, 0) is 80.5 Å². The van der Waals surface area contributed by atoms with Crippen LogP contribution in [0.5, 0.6) is 5.75 Å². The molecule has 0 saturated carbocycles. The Bertz CT molecular complexity index is 1830. The summed E-state index contributed by atoms with van der Waals surface area (Å²) in [6.45, 7) is 9.51. The van der Waals surface area contributed by atoms with Crippen LogP contribution in [0.1, 0.15) is 31.5 Å². The summed E-state index contributed by atoms with van der Waals surface area (Å²) in [5, 5.41) is 6.95. The van der Waals surface area contributed by atoms with E-state index in [9.17, 15) is 9.59 Å². The van der Waals surface area contributed by atoms with Crippen LogP contribution in [-0.2, 0) is 11.2 Å². The predicted octanol–water partition coefficient (Wildman–Crippen LogP) is 5.57. The van der Waals surface area contributed by atoms with E-state index in [1.54, 1.807) is 43.7 Å². The molecular formula is C33H35ClN8O3. The number of anilines is 3. The first-order valence-electron chi connectivity index (χ1n) is 14.8. The number of aromatic nitrogens is 5. The third-order valence-electron chi connectivity index (χ3n) is 7.40. The molecule has 0 atom stereocenters. The van der Waals surface area contributed by atoms with Gasteiger partial charge in [0.15, 0.2) is 5.65 Å². The second-order valence-electron chi connectivity index (χ2n) is 10.3. The van der Waals surface area contributed by atoms with Crippen molar-refractivity contribution >= 4 is 45.9 Å². The van der Waals surface area contributed by atoms with Crippen LogP contribution in [0.4, 0.5) is 17.3 Å². The van der Waals surface area contributed by atoms with Crippen LogP contribution in [-0.4, -0.2) is 61.6 Å². The highest BCUT2D eigenvalue weighted by molar-refractivity contribution is 6.32. The second-order valence-corrected chi connectivity index (χ2v) is 10.8. The molecule has 5 aromatic rings. The number of pyridine rings is 1. The van der Waals surface area contributed by atoms with E-state index in [-0.39, 0.29) is 18.0 Å². The minimum absolute atomic E-state index is 0.168. The summed E-state index contributed by atoms with van der Waals surface area (Å²) in [6, 6.07) is 16.3. The molecule has 5 rings (SSSR count). The summed E-state index contributed by atoms with van der Waals surface area (Å²) in [4.78, 5) is 45.4. The number of rotatable bonds is 13. The number of benzene rings is 2. The largest absolute Gasteiger partial charge is 0.492 e. The zero-order valence-corrected chi connectivity index (χ0v) is 26.2. The topological polar surface area (TPSA) is 127 Å². The van der Waals surface area contributed by atoms with Crippen molar-refractivity contribution < 1.29 is 9.53 Å². The van der Waals surface area contributed by atoms with E-state index >= 15 is 0 Å². The molecule has 2 N–H and O–H groups in total. The van der Waals surface area contributed by atoms with Gasteiger partial charge >= 0.3 is 5.69 Å². The minimum atomic E-state index is -0.558. The standard InChI is InChI=1S/C33H35ClN8O3/c1-4-41(5-2)17-18-45-26-12-9-24(10-13-26)38-32-36-21-27-22(3)42(33(44)40-31(27)39-32)29-19-25(11-14-28(29)34)37-30(43)15-8-23-7-6-16-35-20-23/h6-7,9-14,16,19-21H,4-5,8,15,17-18H2,1-3H3,(H,37,43)(H,38,39,40,44). The maximum atomic E-state index is 13.3. The van der Waals surface area contributed by atoms with Crippen molar-refractivity contribution in [1.29, 1.82) is 0 Å². The monoisotopic (exact) mass is 626 g/mol. The molecule has 3 aromatic heterocycles. The molecule has 0 aliphatic carbocycles. The number of carbonyl (C=O) groups excluding carboxylic acids is 1. The molecule has 0 radical (unpaired) electrons. The van der Waals surface area contributed by atoms with Gasteiger partial charge in [0.1, 0.15) is 12.4 Å². The van der Waals surface area contributed by atoms with Gasteiger partial charge in [0.25, 0.3) is 0 Å². The van der Waals surface area contributed by atoms with Crippen molar-refractivity contribution in [3.63, 3.8) is 0 Å². The fraction of sp³-hybridized carbons (Fsp3) is 0.273. The number of aryl methyl sites for hydroxylation is 2. The maximum absolute atomic E-state index is 13.3. The molecule has 3 heterocycles. The van der Waals surface area contributed by atoms with Crippen LogP contribution in [0.3, 0.4) is 0 Å². The minimum Gasteiger partial charge on any atom is -0.492 e. The van der Waals surface area contributed by atoms with Crippen LogP contribution < -0.4 is 21.1 Å². The molecule has 1 amide bonds. The van der Waals surface area contributed by atoms with E-state index < -0.39 is 5.69 Å². The van der Waals surface area contributed by atoms with Gasteiger partial charge in [-0.1, -0.05) is 31.5 Å². The van der Waals surface area contributed by atoms with Gasteiger partial charge in [-0.25, -0.2) is 9.78 Å². The average molecular weight is 627 g/mol. The Labute approximate surface area is 266 Å². The summed E-state index contributed by atoms with van der Waals surface area (Å²) >= 11 is 6.53. The Balaban J connectivity index is 1.29. The lowest BCUT2D eigenvalue weighted by Crippen LogP contribution is -2.27. The number of nitrogens with one attached hydrogen (secondary N) is 2. The number of fused-ring (bicyclic) bond motifs is 1. The average Bonchev–Trinajstić information content (AvgIpc) is 3.05. The van der Waals surface area contributed by atoms with E-state index in [4.69, 9.17) is 16.3 Å². The van der Waals surface area contributed by atoms with E-state index in [1.165, 1.54) is 4.57 Å². The van der Waals surface area contributed by atoms with Gasteiger partial charge in [0.2, 0.25) is 11.9 Å². The van der Waals surface area contributed by atoms with Crippen LogP contribution in [0.2, 0.25) is 5.02 Å². The van der Waals surface area contributed by atoms with Gasteiger partial charge < -0.3 is 20.3 Å². The Morgan fingerprint density at radius 2 is 1.80 bits per heavy atom. The SMILES string of the molecule is CCN(CC)CCOc1ccc(Nc2ncc3c(C)n(-c4cc(NC(=O)CCc5cccnc5)ccc4Cl)c(=O)nc3n2)cc1. The molecule has 232 valence electrons. The highest BCUT2D eigenvalue weighted by Crippen LogP contribution is 2.27. The first kappa shape index (κ1) is 31.6. The van der Waals surface area contributed by atoms with E-state index in [2.05, 4.69) is 49.3 Å². The smallest absolute Gasteiger partial charge is 0.354 e. The number of ether oxygens (including phenoxy) is 1. The first-order chi connectivity index (χ1) is 21.8. The van der Waals surface area contributed by atoms with Crippen LogP contribution in [0.25, 0.3) is 16.7 Å². The summed E-state index contributed by atoms with van der Waals surface area (Å²) in [5.41, 5.74) is 2.88. The van der Waals surface area contributed by atoms with Crippen molar-refractivity contribution in [2.75, 3.05) is 36.9 Å². The van der Waals surface area contributed by atoms with Crippen LogP contribution in [0, 0.1) is 6.92 Å². The Morgan fingerprint density at radius 3 is 2.53 bits per heavy atom. The molecule has 0 aliphatic heterocycles. The number of hydrogen-bond acceptors (Lipinski definition) is 9. The van der Waals surface area contributed by atoms with Crippen LogP contribution in [0.15, 0.2) is 78.0 Å². The molecule has 0 saturated heterocycles. The lowest BCUT2D eigenvalue weighted by atomic mass is 10.1. The lowest BCUT2D eigenvalue weighted by Gasteiger charge is -2.18. The molecule has 0 spiro atoms. The van der Waals surface area contributed by atoms with E-state index in [1.807, 2.05) is 36.4 Å². The quantitative estimate of drug-likeness (QED) is 0.172. The van der Waals surface area contributed by atoms with Gasteiger partial charge in [0.05, 0.1) is 16.1 Å². The fourth-order valence-corrected chi connectivity index (χ4v) is 5.05. The summed E-state index contributed by atoms with van der Waals surface area (Å²) in [7, 11) is 0. The van der Waals surface area contributed by atoms with Gasteiger partial charge in [-0.3, -0.25) is 14.3 Å². The number of nitrogens with zero attached hydrogens (tertiary/aromatic N) is 6. The molecule has 0 aliphatic rings. The Morgan fingerprint density at radius 1 is 1.02 bits per heavy atom. The second kappa shape index (κ2) is 14.7. The van der Waals surface area contributed by atoms with Crippen molar-refractivity contribution in [3.05, 3.63) is 100.0 Å². The first-order valence-corrected chi connectivity index (χ1v) is 15.2. The molecule has 12 heteroatoms. The number of likely N-dealkylation sites (N-methyl/N-ethyl adjacent to an activating group) is 1. The number of amides is 1. The molecule has 0 unspecified atom stereocenters. The van der Waals surface area contributed by atoms with Gasteiger partial charge in [-0.2, -0.15) is 9.97 Å². The van der Waals surface area contributed by atoms with Gasteiger partial charge in [0, 0.05) is 48.6 Å². The zero-order chi connectivity index (χ0) is 31.8. The molecule has 0 fully saturated rings. The summed E-state index contributed by atoms with van der Waals surface area (Å²) in [6.07, 6.45) is 5.88. The highest BCUT2D eigenvalue weighted by Gasteiger charge is 2.16. The van der Waals surface area contributed by atoms with E-state index in [0.717, 1.165) is 36.6 Å². The van der Waals surface area contributed by atoms with Crippen LogP contribution >= 0.6 is 11.6 Å². The summed E-state index contributed by atoms with van der Waals surface area (Å²) in [5.74, 6) is 0.909. The molecule has 2 aromatic carbocycles. The number of hydrogen-bond donors (Lipinski definition) is 2. The third-order valence-corrected chi connectivity index (χ3v) is 7.72. The fourth-order valence-electron chi connectivity index (χ4n) is 4.85. The van der Waals surface area contributed by atoms with Crippen molar-refractivity contribution in [2.24, 2.45) is 0 Å². The molecule has 11 nitrogen and oxygen atoms in total. The normalized spacial score (nSPS) is 11.1. The van der Waals surface area contributed by atoms with Crippen molar-refractivity contribution in [3.8, 4) is 11.4 Å². The molecular weight excluding hydrogens is 592 g/mol. The zero-order valence-electron chi connectivity index (χ0n) is 25.5. The number of halogens is 1. The maximum Gasteiger partial charge on any atom is 0.354 e. The summed E-state index contributed by atoms with van der Waals surface area (Å²) < 4.78 is 7.25. The highest BCUT2D eigenvalue weighted by atomic mass is 35.5. The molecule has 45 heavy (non-hydrogen) atoms. The van der Waals surface area contributed by atoms with E-state index in [0.29, 0.717) is 46.5 Å². The van der Waals surface area contributed by atoms with Gasteiger partial charge in [-0.15, -0.1) is 0 Å². The Hall–Kier alpha value is -4.87. The molecule has 0 bridgehead atoms. The third kappa shape index (κ3) is 8.00. The number of carbonyl (C=O) groups is 1. The predicted molar refractivity (Wildman–Crippen MR) is 177 cm³/mol. The lowest BCUT2D eigenvalue weighted by molar-refractivity contribution is -0.116. The Kier molecular flexibility index (Phi) is 10.3. The van der Waals surface area contributed by atoms with Crippen molar-refractivity contribution in [1.82, 2.24) is 29.4 Å².